The van der Waals surface area contributed by atoms with Crippen molar-refractivity contribution in [2.24, 2.45) is 0 Å². The number of methoxy groups -OCH3 is 2. The Morgan fingerprint density at radius 1 is 0.667 bits per heavy atom. The van der Waals surface area contributed by atoms with Crippen molar-refractivity contribution in [3.05, 3.63) is 82.7 Å². The molecule has 13 heteroatoms. The fourth-order valence-electron chi connectivity index (χ4n) is 4.25. The standard InChI is InChI=1S/2C13H10N3O.H2O4S/c2*1-17-12-7-8(16-14)6-10-9-4-2-3-5-11(9)15-13(10)12;1-5(2,3)4/h2*2-7,15H,1H3;(H2,1,2,3,4)/q2*+1;/p-2. The number of hydrogen-bond donors (Lipinski definition) is 2. The summed E-state index contributed by atoms with van der Waals surface area (Å²) in [7, 11) is -1.97. The smallest absolute Gasteiger partial charge is 0.389 e. The Labute approximate surface area is 221 Å². The fraction of sp³-hybridized carbons (Fsp3) is 0.0769. The van der Waals surface area contributed by atoms with Gasteiger partial charge in [-0.3, -0.25) is 8.42 Å². The molecule has 0 amide bonds. The average Bonchev–Trinajstić information content (AvgIpc) is 3.50. The van der Waals surface area contributed by atoms with Gasteiger partial charge in [-0.05, 0) is 12.1 Å². The van der Waals surface area contributed by atoms with Crippen LogP contribution in [0.15, 0.2) is 72.8 Å². The summed E-state index contributed by atoms with van der Waals surface area (Å²) in [5, 5.41) is 21.9. The maximum absolute atomic E-state index is 8.89. The molecule has 2 N–H and O–H groups in total. The summed E-state index contributed by atoms with van der Waals surface area (Å²) in [5.74, 6) is 1.35. The molecule has 0 aliphatic heterocycles. The van der Waals surface area contributed by atoms with E-state index in [0.717, 1.165) is 43.6 Å². The zero-order valence-corrected chi connectivity index (χ0v) is 21.4. The van der Waals surface area contributed by atoms with Crippen LogP contribution in [0.1, 0.15) is 0 Å². The predicted octanol–water partition coefficient (Wildman–Crippen LogP) is 6.29. The van der Waals surface area contributed by atoms with Crippen LogP contribution in [0.4, 0.5) is 11.4 Å². The molecule has 39 heavy (non-hydrogen) atoms. The monoisotopic (exact) mass is 544 g/mol. The van der Waals surface area contributed by atoms with Gasteiger partial charge in [0.25, 0.3) is 0 Å². The van der Waals surface area contributed by atoms with E-state index < -0.39 is 10.4 Å². The minimum Gasteiger partial charge on any atom is -0.759 e. The quantitative estimate of drug-likeness (QED) is 0.144. The van der Waals surface area contributed by atoms with Crippen LogP contribution >= 0.6 is 0 Å². The Bertz CT molecular complexity index is 1880. The minimum absolute atomic E-state index is 0.485. The highest BCUT2D eigenvalue weighted by molar-refractivity contribution is 7.79. The molecular weight excluding hydrogens is 524 g/mol. The Morgan fingerprint density at radius 3 is 1.36 bits per heavy atom. The van der Waals surface area contributed by atoms with E-state index in [-0.39, 0.29) is 0 Å². The number of fused-ring (bicyclic) bond motifs is 6. The lowest BCUT2D eigenvalue weighted by molar-refractivity contribution is 0.352. The number of ether oxygens (including phenoxy) is 2. The van der Waals surface area contributed by atoms with Crippen LogP contribution in [-0.2, 0) is 10.4 Å². The number of nitrogens with zero attached hydrogens (tertiary/aromatic N) is 4. The minimum atomic E-state index is -5.17. The van der Waals surface area contributed by atoms with Gasteiger partial charge >= 0.3 is 11.4 Å². The highest BCUT2D eigenvalue weighted by atomic mass is 32.3. The van der Waals surface area contributed by atoms with Gasteiger partial charge in [-0.2, -0.15) is 0 Å². The molecule has 0 radical (unpaired) electrons. The normalized spacial score (nSPS) is 10.7. The summed E-state index contributed by atoms with van der Waals surface area (Å²) in [5.41, 5.74) is 4.88. The van der Waals surface area contributed by atoms with Gasteiger partial charge < -0.3 is 28.5 Å². The number of benzene rings is 4. The average molecular weight is 545 g/mol. The lowest BCUT2D eigenvalue weighted by atomic mass is 10.1. The van der Waals surface area contributed by atoms with Crippen LogP contribution in [0.25, 0.3) is 53.6 Å². The molecule has 0 unspecified atom stereocenters. The summed E-state index contributed by atoms with van der Waals surface area (Å²) >= 11 is 0. The maximum Gasteiger partial charge on any atom is 0.389 e. The number of rotatable bonds is 2. The van der Waals surface area contributed by atoms with Crippen molar-refractivity contribution in [2.75, 3.05) is 14.2 Å². The number of H-pyrrole nitrogens is 2. The van der Waals surface area contributed by atoms with Gasteiger partial charge in [0, 0.05) is 55.1 Å². The van der Waals surface area contributed by atoms with Gasteiger partial charge in [-0.15, -0.1) is 0 Å². The molecule has 12 nitrogen and oxygen atoms in total. The molecule has 4 aromatic carbocycles. The highest BCUT2D eigenvalue weighted by Crippen LogP contribution is 2.36. The van der Waals surface area contributed by atoms with E-state index in [4.69, 9.17) is 37.8 Å². The topological polar surface area (TPSA) is 187 Å². The number of hydrogen-bond acceptors (Lipinski definition) is 8. The second-order valence-corrected chi connectivity index (χ2v) is 8.91. The number of para-hydroxylation sites is 2. The first kappa shape index (κ1) is 26.8. The van der Waals surface area contributed by atoms with E-state index in [9.17, 15) is 0 Å². The number of aromatic nitrogens is 2. The summed E-state index contributed by atoms with van der Waals surface area (Å²) in [6.07, 6.45) is 0. The van der Waals surface area contributed by atoms with Crippen molar-refractivity contribution < 1.29 is 27.0 Å². The van der Waals surface area contributed by atoms with E-state index in [2.05, 4.69) is 19.9 Å². The van der Waals surface area contributed by atoms with E-state index in [1.54, 1.807) is 26.4 Å². The molecule has 0 saturated heterocycles. The van der Waals surface area contributed by atoms with Crippen LogP contribution in [-0.4, -0.2) is 41.7 Å². The third-order valence-corrected chi connectivity index (χ3v) is 5.80. The van der Waals surface area contributed by atoms with Crippen LogP contribution in [0.5, 0.6) is 11.5 Å². The Kier molecular flexibility index (Phi) is 7.60. The van der Waals surface area contributed by atoms with Crippen molar-refractivity contribution in [1.29, 1.82) is 10.8 Å². The van der Waals surface area contributed by atoms with Gasteiger partial charge in [0.2, 0.25) is 10.8 Å². The van der Waals surface area contributed by atoms with Gasteiger partial charge in [0.1, 0.15) is 0 Å². The Hall–Kier alpha value is -5.21. The fourth-order valence-corrected chi connectivity index (χ4v) is 4.25. The molecule has 2 heterocycles. The third-order valence-electron chi connectivity index (χ3n) is 5.80. The summed E-state index contributed by atoms with van der Waals surface area (Å²) < 4.78 is 44.7. The number of aromatic amines is 2. The molecular formula is C26H20N6O6S. The summed E-state index contributed by atoms with van der Waals surface area (Å²) in [6, 6.07) is 23.0. The van der Waals surface area contributed by atoms with Crippen molar-refractivity contribution in [3.63, 3.8) is 0 Å². The maximum atomic E-state index is 8.89. The Morgan fingerprint density at radius 2 is 1.03 bits per heavy atom. The first-order chi connectivity index (χ1) is 18.7. The van der Waals surface area contributed by atoms with Crippen molar-refractivity contribution >= 4 is 65.4 Å². The molecule has 6 rings (SSSR count). The molecule has 0 aliphatic carbocycles. The first-order valence-corrected chi connectivity index (χ1v) is 12.5. The van der Waals surface area contributed by atoms with E-state index in [0.29, 0.717) is 22.9 Å². The molecule has 0 spiro atoms. The molecule has 0 saturated carbocycles. The van der Waals surface area contributed by atoms with Crippen LogP contribution in [0.3, 0.4) is 0 Å². The molecule has 6 aromatic rings. The van der Waals surface area contributed by atoms with Gasteiger partial charge in [0.05, 0.1) is 37.4 Å². The van der Waals surface area contributed by atoms with Crippen molar-refractivity contribution in [1.82, 2.24) is 9.97 Å². The second kappa shape index (κ2) is 11.0. The zero-order valence-electron chi connectivity index (χ0n) is 20.6. The summed E-state index contributed by atoms with van der Waals surface area (Å²) in [6.45, 7) is 0. The molecule has 0 bridgehead atoms. The molecule has 196 valence electrons. The largest absolute Gasteiger partial charge is 0.759 e. The van der Waals surface area contributed by atoms with Crippen molar-refractivity contribution in [3.8, 4) is 11.5 Å². The lowest BCUT2D eigenvalue weighted by Crippen LogP contribution is -1.91. The molecule has 0 atom stereocenters. The first-order valence-electron chi connectivity index (χ1n) is 11.2. The zero-order chi connectivity index (χ0) is 28.2. The van der Waals surface area contributed by atoms with Gasteiger partial charge in [0.15, 0.2) is 21.5 Å². The Balaban J connectivity index is 0.000000155. The SMILES string of the molecule is COc1cc([N+]#N)cc2c1[nH]c1ccccc12.COc1cc([N+]#N)cc2c1[nH]c1ccccc12.O=S(=O)([O-])[O-]. The van der Waals surface area contributed by atoms with E-state index >= 15 is 0 Å². The van der Waals surface area contributed by atoms with Crippen LogP contribution in [0, 0.1) is 10.8 Å². The molecule has 0 fully saturated rings. The van der Waals surface area contributed by atoms with E-state index in [1.165, 1.54) is 0 Å². The second-order valence-electron chi connectivity index (χ2n) is 8.09. The van der Waals surface area contributed by atoms with Crippen LogP contribution in [0.2, 0.25) is 0 Å². The summed E-state index contributed by atoms with van der Waals surface area (Å²) in [4.78, 5) is 13.0. The van der Waals surface area contributed by atoms with Crippen LogP contribution < -0.4 is 9.47 Å². The van der Waals surface area contributed by atoms with Crippen molar-refractivity contribution in [2.45, 2.75) is 0 Å². The molecule has 2 aromatic heterocycles. The third kappa shape index (κ3) is 5.87. The van der Waals surface area contributed by atoms with Gasteiger partial charge in [-0.25, -0.2) is 0 Å². The predicted molar refractivity (Wildman–Crippen MR) is 145 cm³/mol. The van der Waals surface area contributed by atoms with E-state index in [1.807, 2.05) is 60.7 Å². The lowest BCUT2D eigenvalue weighted by Gasteiger charge is -2.06. The number of diazo groups is 2. The molecule has 0 aliphatic rings. The highest BCUT2D eigenvalue weighted by Gasteiger charge is 2.16. The van der Waals surface area contributed by atoms with Gasteiger partial charge in [-0.1, -0.05) is 36.4 Å². The number of nitrogens with one attached hydrogen (secondary N) is 2.